The van der Waals surface area contributed by atoms with Crippen LogP contribution in [0, 0.1) is 23.5 Å². The van der Waals surface area contributed by atoms with E-state index in [1.165, 1.54) is 34.0 Å². The minimum Gasteiger partial charge on any atom is -0.313 e. The molecular weight excluding hydrogens is 734 g/mol. The molecule has 6 rings (SSSR count). The molecule has 0 unspecified atom stereocenters. The maximum absolute atomic E-state index is 14.5. The minimum atomic E-state index is -3.54. The van der Waals surface area contributed by atoms with E-state index in [2.05, 4.69) is 27.1 Å². The molecule has 0 amide bonds. The van der Waals surface area contributed by atoms with Gasteiger partial charge in [0.1, 0.15) is 34.7 Å². The summed E-state index contributed by atoms with van der Waals surface area (Å²) in [6.45, 7) is 3.02. The number of pyridine rings is 1. The number of benzene rings is 2. The number of nitrogens with zero attached hydrogens (tertiary/aromatic N) is 6. The van der Waals surface area contributed by atoms with Crippen LogP contribution in [0.3, 0.4) is 0 Å². The second-order valence-corrected chi connectivity index (χ2v) is 19.0. The van der Waals surface area contributed by atoms with Crippen molar-refractivity contribution in [2.75, 3.05) is 6.26 Å². The molecule has 1 atom stereocenters. The van der Waals surface area contributed by atoms with E-state index in [1.54, 1.807) is 45.2 Å². The van der Waals surface area contributed by atoms with Crippen LogP contribution < -0.4 is 0 Å². The van der Waals surface area contributed by atoms with Crippen LogP contribution in [0.25, 0.3) is 22.0 Å². The van der Waals surface area contributed by atoms with Gasteiger partial charge in [0.15, 0.2) is 25.5 Å². The zero-order valence-electron chi connectivity index (χ0n) is 28.8. The number of hydrogen-bond donors (Lipinski definition) is 0. The molecule has 0 radical (unpaired) electrons. The average molecular weight is 769 g/mol. The third-order valence-electron chi connectivity index (χ3n) is 8.88. The van der Waals surface area contributed by atoms with Gasteiger partial charge in [-0.05, 0) is 74.9 Å². The lowest BCUT2D eigenvalue weighted by atomic mass is 9.86. The summed E-state index contributed by atoms with van der Waals surface area (Å²) in [5, 5.41) is 12.3. The molecule has 0 saturated heterocycles. The highest BCUT2D eigenvalue weighted by Crippen LogP contribution is 2.40. The molecule has 1 fully saturated rings. The SMILES string of the molecule is Cn1nc(CS(C)(=O)=O)c2c(Cl)ccc(-c3ccc(C#CC(C)(C)S(=O)(=O)C4CC4)nc3[C@@H](CC(=O)Cn3cnnc3)Cc3cc(F)cc(F)c3)c21. The van der Waals surface area contributed by atoms with Gasteiger partial charge in [-0.1, -0.05) is 23.6 Å². The fourth-order valence-electron chi connectivity index (χ4n) is 6.31. The first kappa shape index (κ1) is 37.2. The lowest BCUT2D eigenvalue weighted by molar-refractivity contribution is -0.120. The summed E-state index contributed by atoms with van der Waals surface area (Å²) in [5.74, 6) is 2.87. The predicted molar refractivity (Wildman–Crippen MR) is 193 cm³/mol. The first-order valence-electron chi connectivity index (χ1n) is 16.3. The van der Waals surface area contributed by atoms with Gasteiger partial charge in [-0.3, -0.25) is 9.48 Å². The molecule has 272 valence electrons. The number of carbonyl (C=O) groups excluding carboxylic acids is 1. The van der Waals surface area contributed by atoms with Crippen molar-refractivity contribution >= 4 is 48.0 Å². The summed E-state index contributed by atoms with van der Waals surface area (Å²) >= 11 is 6.65. The summed E-state index contributed by atoms with van der Waals surface area (Å²) in [7, 11) is -5.39. The Morgan fingerprint density at radius 1 is 1.02 bits per heavy atom. The van der Waals surface area contributed by atoms with Crippen LogP contribution in [-0.2, 0) is 50.2 Å². The lowest BCUT2D eigenvalue weighted by Crippen LogP contribution is -2.33. The Morgan fingerprint density at radius 3 is 2.31 bits per heavy atom. The first-order valence-corrected chi connectivity index (χ1v) is 20.3. The molecule has 1 aliphatic rings. The summed E-state index contributed by atoms with van der Waals surface area (Å²) in [6, 6.07) is 9.83. The van der Waals surface area contributed by atoms with Crippen LogP contribution in [-0.4, -0.2) is 68.4 Å². The highest BCUT2D eigenvalue weighted by Gasteiger charge is 2.45. The van der Waals surface area contributed by atoms with Crippen LogP contribution in [0.15, 0.2) is 55.1 Å². The number of fused-ring (bicyclic) bond motifs is 1. The quantitative estimate of drug-likeness (QED) is 0.152. The van der Waals surface area contributed by atoms with E-state index in [0.717, 1.165) is 12.3 Å². The number of sulfone groups is 2. The monoisotopic (exact) mass is 768 g/mol. The van der Waals surface area contributed by atoms with E-state index in [4.69, 9.17) is 16.6 Å². The van der Waals surface area contributed by atoms with Gasteiger partial charge < -0.3 is 4.57 Å². The third-order valence-corrected chi connectivity index (χ3v) is 12.9. The predicted octanol–water partition coefficient (Wildman–Crippen LogP) is 5.40. The molecule has 11 nitrogen and oxygen atoms in total. The number of Topliss-reactive ketones (excluding diaryl/α,β-unsaturated/α-hetero) is 1. The van der Waals surface area contributed by atoms with Crippen molar-refractivity contribution in [2.24, 2.45) is 7.05 Å². The summed E-state index contributed by atoms with van der Waals surface area (Å²) < 4.78 is 81.6. The zero-order valence-corrected chi connectivity index (χ0v) is 31.2. The van der Waals surface area contributed by atoms with E-state index in [0.29, 0.717) is 40.6 Å². The first-order chi connectivity index (χ1) is 24.4. The van der Waals surface area contributed by atoms with Gasteiger partial charge in [0.05, 0.1) is 39.5 Å². The van der Waals surface area contributed by atoms with Crippen molar-refractivity contribution in [3.63, 3.8) is 0 Å². The minimum absolute atomic E-state index is 0.0114. The molecule has 1 aliphatic carbocycles. The van der Waals surface area contributed by atoms with Crippen molar-refractivity contribution in [1.82, 2.24) is 29.5 Å². The van der Waals surface area contributed by atoms with E-state index in [9.17, 15) is 30.4 Å². The molecule has 5 aromatic rings. The molecule has 52 heavy (non-hydrogen) atoms. The Bertz CT molecular complexity index is 2470. The number of aryl methyl sites for hydroxylation is 1. The summed E-state index contributed by atoms with van der Waals surface area (Å²) in [6.07, 6.45) is 4.93. The van der Waals surface area contributed by atoms with Crippen molar-refractivity contribution < 1.29 is 30.4 Å². The third kappa shape index (κ3) is 8.09. The molecule has 3 heterocycles. The maximum atomic E-state index is 14.5. The molecule has 0 spiro atoms. The summed E-state index contributed by atoms with van der Waals surface area (Å²) in [5.41, 5.74) is 2.63. The summed E-state index contributed by atoms with van der Waals surface area (Å²) in [4.78, 5) is 18.5. The van der Waals surface area contributed by atoms with Gasteiger partial charge in [0.25, 0.3) is 0 Å². The number of ketones is 1. The standard InChI is InChI=1S/C36H35ClF2N6O5S2/c1-36(2,52(49,50)28-6-7-28)12-11-26-5-8-29(30-9-10-31(37)33-32(19-51(4,47)48)43-44(3)35(30)33)34(42-26)23(13-22-14-24(38)17-25(39)15-22)16-27(46)18-45-20-40-41-21-45/h5,8-10,14-15,17,20-21,23,28H,6-7,13,16,18-19H2,1-4H3/t23-/m1/s1. The fourth-order valence-corrected chi connectivity index (χ4v) is 9.06. The lowest BCUT2D eigenvalue weighted by Gasteiger charge is -2.21. The van der Waals surface area contributed by atoms with Gasteiger partial charge in [-0.25, -0.2) is 30.6 Å². The average Bonchev–Trinajstić information content (AvgIpc) is 3.71. The molecule has 16 heteroatoms. The van der Waals surface area contributed by atoms with Crippen LogP contribution in [0.2, 0.25) is 5.02 Å². The second-order valence-electron chi connectivity index (χ2n) is 13.6. The highest BCUT2D eigenvalue weighted by atomic mass is 35.5. The van der Waals surface area contributed by atoms with Crippen LogP contribution in [0.4, 0.5) is 8.78 Å². The van der Waals surface area contributed by atoms with Gasteiger partial charge in [0.2, 0.25) is 0 Å². The Balaban J connectivity index is 1.55. The van der Waals surface area contributed by atoms with Gasteiger partial charge in [-0.2, -0.15) is 5.10 Å². The number of rotatable bonds is 12. The second kappa shape index (κ2) is 14.1. The van der Waals surface area contributed by atoms with Gasteiger partial charge in [0, 0.05) is 48.2 Å². The fraction of sp³-hybridized carbons (Fsp3) is 0.361. The topological polar surface area (TPSA) is 147 Å². The Morgan fingerprint density at radius 2 is 1.67 bits per heavy atom. The molecule has 0 aliphatic heterocycles. The molecule has 0 N–H and O–H groups in total. The molecule has 2 aromatic carbocycles. The largest absolute Gasteiger partial charge is 0.313 e. The van der Waals surface area contributed by atoms with E-state index in [-0.39, 0.29) is 52.9 Å². The number of hydrogen-bond acceptors (Lipinski definition) is 9. The van der Waals surface area contributed by atoms with Crippen LogP contribution >= 0.6 is 11.6 Å². The number of carbonyl (C=O) groups is 1. The van der Waals surface area contributed by atoms with Gasteiger partial charge in [-0.15, -0.1) is 10.2 Å². The Kier molecular flexibility index (Phi) is 10.1. The van der Waals surface area contributed by atoms with Crippen LogP contribution in [0.1, 0.15) is 61.7 Å². The molecule has 1 saturated carbocycles. The zero-order chi connectivity index (χ0) is 37.6. The molecule has 3 aromatic heterocycles. The Labute approximate surface area is 305 Å². The highest BCUT2D eigenvalue weighted by molar-refractivity contribution is 7.93. The van der Waals surface area contributed by atoms with Crippen molar-refractivity contribution in [3.8, 4) is 23.0 Å². The molecule has 0 bridgehead atoms. The Hall–Kier alpha value is -4.52. The molecular formula is C36H35ClF2N6O5S2. The van der Waals surface area contributed by atoms with Crippen molar-refractivity contribution in [1.29, 1.82) is 0 Å². The smallest absolute Gasteiger partial charge is 0.169 e. The number of halogens is 3. The van der Waals surface area contributed by atoms with Crippen molar-refractivity contribution in [3.05, 3.63) is 94.4 Å². The normalized spacial score (nSPS) is 14.3. The van der Waals surface area contributed by atoms with Gasteiger partial charge >= 0.3 is 0 Å². The number of aromatic nitrogens is 6. The van der Waals surface area contributed by atoms with E-state index < -0.39 is 47.2 Å². The van der Waals surface area contributed by atoms with E-state index in [1.807, 2.05) is 0 Å². The van der Waals surface area contributed by atoms with Crippen LogP contribution in [0.5, 0.6) is 0 Å². The van der Waals surface area contributed by atoms with Crippen molar-refractivity contribution in [2.45, 2.75) is 67.7 Å². The van der Waals surface area contributed by atoms with E-state index >= 15 is 0 Å². The maximum Gasteiger partial charge on any atom is 0.169 e.